The standard InChI is InChI=1S/C37H41F3N11O4P/c1-7-50-28(11-20(5)46-50)32(54)44-34-42-25-15-23(31(41)53)9-10-27(25)48(34)18-37(40,56)36(38,39)17-49-30-24(19(3)4)13-22(16-52)14-26(30)43-35(49)45-33(55)29-12-21(6)47-51(29)8-2/h9-16,19H,7-8,17-18,56H2,1-6H3,(H2,41,53)(H,42,44,54)(H,43,45,55). The van der Waals surface area contributed by atoms with Gasteiger partial charge in [0.05, 0.1) is 46.5 Å². The van der Waals surface area contributed by atoms with Crippen molar-refractivity contribution in [2.24, 2.45) is 5.73 Å². The van der Waals surface area contributed by atoms with Gasteiger partial charge in [-0.1, -0.05) is 23.1 Å². The van der Waals surface area contributed by atoms with Gasteiger partial charge in [0, 0.05) is 24.2 Å². The van der Waals surface area contributed by atoms with E-state index in [0.717, 1.165) is 9.13 Å². The van der Waals surface area contributed by atoms with Crippen molar-refractivity contribution in [2.45, 2.75) is 85.0 Å². The molecule has 0 aliphatic heterocycles. The normalized spacial score (nSPS) is 13.1. The summed E-state index contributed by atoms with van der Waals surface area (Å²) in [5.41, 5.74) is 8.15. The molecule has 0 bridgehead atoms. The molecule has 4 aromatic heterocycles. The maximum atomic E-state index is 17.0. The molecule has 2 atom stereocenters. The molecule has 19 heteroatoms. The first-order chi connectivity index (χ1) is 26.4. The molecular weight excluding hydrogens is 750 g/mol. The van der Waals surface area contributed by atoms with E-state index >= 15 is 13.2 Å². The van der Waals surface area contributed by atoms with Crippen molar-refractivity contribution in [1.82, 2.24) is 38.7 Å². The van der Waals surface area contributed by atoms with Crippen LogP contribution in [0.3, 0.4) is 0 Å². The average Bonchev–Trinajstić information content (AvgIpc) is 3.89. The predicted octanol–water partition coefficient (Wildman–Crippen LogP) is 5.85. The first-order valence-electron chi connectivity index (χ1n) is 17.7. The molecule has 4 heterocycles. The molecular formula is C37H41F3N11O4P. The van der Waals surface area contributed by atoms with E-state index in [4.69, 9.17) is 5.73 Å². The number of nitrogens with zero attached hydrogens (tertiary/aromatic N) is 8. The van der Waals surface area contributed by atoms with Gasteiger partial charge < -0.3 is 14.9 Å². The number of aromatic nitrogens is 8. The molecule has 0 saturated heterocycles. The number of fused-ring (bicyclic) bond motifs is 2. The van der Waals surface area contributed by atoms with Crippen molar-refractivity contribution in [3.8, 4) is 0 Å². The molecule has 0 aliphatic carbocycles. The molecule has 6 rings (SSSR count). The maximum absolute atomic E-state index is 17.0. The van der Waals surface area contributed by atoms with E-state index in [1.807, 2.05) is 0 Å². The van der Waals surface area contributed by atoms with Gasteiger partial charge in [0.2, 0.25) is 23.2 Å². The lowest BCUT2D eigenvalue weighted by Gasteiger charge is -2.32. The molecule has 0 fully saturated rings. The highest BCUT2D eigenvalue weighted by molar-refractivity contribution is 7.18. The number of rotatable bonds is 14. The zero-order valence-electron chi connectivity index (χ0n) is 31.5. The molecule has 0 spiro atoms. The Bertz CT molecular complexity index is 2530. The first-order valence-corrected chi connectivity index (χ1v) is 18.3. The number of nitrogens with one attached hydrogen (secondary N) is 2. The lowest BCUT2D eigenvalue weighted by atomic mass is 9.99. The van der Waals surface area contributed by atoms with Crippen LogP contribution in [-0.4, -0.2) is 74.0 Å². The second-order valence-corrected chi connectivity index (χ2v) is 14.7. The van der Waals surface area contributed by atoms with E-state index in [2.05, 4.69) is 30.8 Å². The van der Waals surface area contributed by atoms with Gasteiger partial charge in [0.1, 0.15) is 17.7 Å². The number of aldehydes is 1. The summed E-state index contributed by atoms with van der Waals surface area (Å²) >= 11 is 0. The van der Waals surface area contributed by atoms with Crippen LogP contribution in [-0.2, 0) is 26.2 Å². The smallest absolute Gasteiger partial charge is 0.304 e. The molecule has 0 aliphatic rings. The van der Waals surface area contributed by atoms with E-state index in [9.17, 15) is 19.2 Å². The number of amides is 3. The molecule has 3 amide bonds. The Morgan fingerprint density at radius 2 is 1.39 bits per heavy atom. The van der Waals surface area contributed by atoms with Crippen LogP contribution in [0.15, 0.2) is 42.5 Å². The van der Waals surface area contributed by atoms with Crippen molar-refractivity contribution in [3.05, 3.63) is 81.9 Å². The van der Waals surface area contributed by atoms with Crippen LogP contribution in [0.25, 0.3) is 22.1 Å². The fourth-order valence-corrected chi connectivity index (χ4v) is 6.84. The number of hydrogen-bond acceptors (Lipinski definition) is 8. The Morgan fingerprint density at radius 1 is 0.839 bits per heavy atom. The number of anilines is 2. The van der Waals surface area contributed by atoms with Gasteiger partial charge in [0.15, 0.2) is 0 Å². The monoisotopic (exact) mass is 791 g/mol. The number of halogens is 3. The number of hydrogen-bond donors (Lipinski definition) is 3. The quantitative estimate of drug-likeness (QED) is 0.0905. The van der Waals surface area contributed by atoms with Crippen molar-refractivity contribution in [2.75, 3.05) is 10.6 Å². The number of nitrogens with two attached hydrogens (primary N) is 1. The van der Waals surface area contributed by atoms with Crippen molar-refractivity contribution in [1.29, 1.82) is 0 Å². The minimum Gasteiger partial charge on any atom is -0.366 e. The summed E-state index contributed by atoms with van der Waals surface area (Å²) in [7, 11) is 1.60. The van der Waals surface area contributed by atoms with Gasteiger partial charge in [-0.2, -0.15) is 10.2 Å². The summed E-state index contributed by atoms with van der Waals surface area (Å²) in [6.45, 7) is 8.88. The van der Waals surface area contributed by atoms with E-state index in [-0.39, 0.29) is 62.4 Å². The molecule has 15 nitrogen and oxygen atoms in total. The molecule has 294 valence electrons. The third kappa shape index (κ3) is 7.40. The van der Waals surface area contributed by atoms with Crippen molar-refractivity contribution < 1.29 is 32.3 Å². The van der Waals surface area contributed by atoms with E-state index < -0.39 is 42.1 Å². The fraction of sp³-hybridized carbons (Fsp3) is 0.351. The van der Waals surface area contributed by atoms with Gasteiger partial charge in [0.25, 0.3) is 11.8 Å². The predicted molar refractivity (Wildman–Crippen MR) is 207 cm³/mol. The molecule has 0 saturated carbocycles. The Balaban J connectivity index is 1.44. The van der Waals surface area contributed by atoms with Crippen LogP contribution in [0, 0.1) is 13.8 Å². The highest BCUT2D eigenvalue weighted by Gasteiger charge is 2.53. The van der Waals surface area contributed by atoms with Gasteiger partial charge in [-0.3, -0.25) is 39.2 Å². The van der Waals surface area contributed by atoms with Crippen LogP contribution in [0.4, 0.5) is 25.1 Å². The van der Waals surface area contributed by atoms with Crippen LogP contribution < -0.4 is 16.4 Å². The van der Waals surface area contributed by atoms with E-state index in [1.54, 1.807) is 56.8 Å². The lowest BCUT2D eigenvalue weighted by molar-refractivity contribution is -0.107. The molecule has 4 N–H and O–H groups in total. The number of benzene rings is 2. The zero-order valence-corrected chi connectivity index (χ0v) is 32.7. The molecule has 2 aromatic carbocycles. The summed E-state index contributed by atoms with van der Waals surface area (Å²) in [4.78, 5) is 59.8. The number of aryl methyl sites for hydroxylation is 4. The highest BCUT2D eigenvalue weighted by Crippen LogP contribution is 2.44. The third-order valence-electron chi connectivity index (χ3n) is 9.36. The molecule has 56 heavy (non-hydrogen) atoms. The average molecular weight is 792 g/mol. The minimum absolute atomic E-state index is 0.0554. The molecule has 6 aromatic rings. The Morgan fingerprint density at radius 3 is 1.91 bits per heavy atom. The fourth-order valence-electron chi connectivity index (χ4n) is 6.57. The SMILES string of the molecule is CCn1nc(C)cc1C(=O)Nc1nc2cc(C(N)=O)ccc2n1CC(F)(P)C(F)(F)Cn1c(NC(=O)c2cc(C)nn2CC)nc2cc(C=O)cc(C(C)C)c21. The van der Waals surface area contributed by atoms with E-state index in [0.29, 0.717) is 36.3 Å². The largest absolute Gasteiger partial charge is 0.366 e. The number of alkyl halides is 3. The Labute approximate surface area is 321 Å². The summed E-state index contributed by atoms with van der Waals surface area (Å²) < 4.78 is 55.7. The van der Waals surface area contributed by atoms with Crippen LogP contribution in [0.2, 0.25) is 0 Å². The maximum Gasteiger partial charge on any atom is 0.304 e. The van der Waals surface area contributed by atoms with Gasteiger partial charge in [-0.05, 0) is 81.6 Å². The van der Waals surface area contributed by atoms with Gasteiger partial charge >= 0.3 is 5.92 Å². The second kappa shape index (κ2) is 15.0. The minimum atomic E-state index is -4.23. The summed E-state index contributed by atoms with van der Waals surface area (Å²) in [5, 5.41) is 10.3. The van der Waals surface area contributed by atoms with E-state index in [1.165, 1.54) is 45.8 Å². The van der Waals surface area contributed by atoms with Crippen molar-refractivity contribution >= 4 is 67.2 Å². The topological polar surface area (TPSA) is 190 Å². The Kier molecular flexibility index (Phi) is 10.6. The number of carbonyl (C=O) groups is 4. The van der Waals surface area contributed by atoms with Gasteiger partial charge in [-0.25, -0.2) is 23.1 Å². The molecule has 2 unspecified atom stereocenters. The van der Waals surface area contributed by atoms with Crippen LogP contribution in [0.1, 0.15) is 92.3 Å². The zero-order chi connectivity index (χ0) is 40.9. The second-order valence-electron chi connectivity index (χ2n) is 13.8. The Hall–Kier alpha value is -5.90. The highest BCUT2D eigenvalue weighted by atomic mass is 31.0. The van der Waals surface area contributed by atoms with Crippen LogP contribution in [0.5, 0.6) is 0 Å². The number of primary amides is 1. The van der Waals surface area contributed by atoms with Gasteiger partial charge in [-0.15, -0.1) is 0 Å². The lowest BCUT2D eigenvalue weighted by Crippen LogP contribution is -2.46. The summed E-state index contributed by atoms with van der Waals surface area (Å²) in [6, 6.07) is 10.0. The summed E-state index contributed by atoms with van der Waals surface area (Å²) in [5.74, 6) is -7.26. The third-order valence-corrected chi connectivity index (χ3v) is 9.96. The molecule has 0 radical (unpaired) electrons. The number of imidazole rings is 2. The first kappa shape index (κ1) is 39.8. The van der Waals surface area contributed by atoms with Crippen LogP contribution >= 0.6 is 9.24 Å². The number of carbonyl (C=O) groups excluding carboxylic acids is 4. The summed E-state index contributed by atoms with van der Waals surface area (Å²) in [6.07, 6.45) is 0.602. The van der Waals surface area contributed by atoms with Crippen molar-refractivity contribution in [3.63, 3.8) is 0 Å².